The number of carboxylic acid groups (broad SMARTS) is 2. The lowest BCUT2D eigenvalue weighted by Crippen LogP contribution is -2.57. The zero-order chi connectivity index (χ0) is 24.7. The highest BCUT2D eigenvalue weighted by molar-refractivity contribution is 6.01. The third kappa shape index (κ3) is 6.12. The number of rotatable bonds is 10. The molecule has 0 saturated heterocycles. The molecule has 0 heterocycles. The highest BCUT2D eigenvalue weighted by atomic mass is 16.4. The first-order chi connectivity index (χ1) is 15.6. The number of carbonyl (C=O) groups excluding carboxylic acids is 2. The SMILES string of the molecule is CCC(C(=O)NCC(=O)O)N(C(=O)c1cc(O)c(O)c(O)c1)[C@@H](Cc1ccccc1)C(=O)O. The molecule has 2 aromatic carbocycles. The van der Waals surface area contributed by atoms with E-state index in [9.17, 15) is 39.6 Å². The van der Waals surface area contributed by atoms with Crippen LogP contribution in [0.2, 0.25) is 0 Å². The van der Waals surface area contributed by atoms with E-state index in [-0.39, 0.29) is 18.4 Å². The van der Waals surface area contributed by atoms with Gasteiger partial charge in [0.05, 0.1) is 0 Å². The van der Waals surface area contributed by atoms with Gasteiger partial charge < -0.3 is 35.7 Å². The van der Waals surface area contributed by atoms with Crippen LogP contribution in [0.1, 0.15) is 29.3 Å². The third-order valence-corrected chi connectivity index (χ3v) is 4.88. The Labute approximate surface area is 188 Å². The number of phenols is 3. The van der Waals surface area contributed by atoms with E-state index in [4.69, 9.17) is 5.11 Å². The van der Waals surface area contributed by atoms with E-state index in [0.29, 0.717) is 5.56 Å². The van der Waals surface area contributed by atoms with Crippen LogP contribution in [0.15, 0.2) is 42.5 Å². The summed E-state index contributed by atoms with van der Waals surface area (Å²) >= 11 is 0. The van der Waals surface area contributed by atoms with Crippen molar-refractivity contribution in [2.24, 2.45) is 0 Å². The topological polar surface area (TPSA) is 185 Å². The molecule has 0 bridgehead atoms. The van der Waals surface area contributed by atoms with Gasteiger partial charge in [-0.3, -0.25) is 14.4 Å². The molecule has 33 heavy (non-hydrogen) atoms. The molecule has 0 fully saturated rings. The minimum Gasteiger partial charge on any atom is -0.504 e. The molecular formula is C22H24N2O9. The number of hydrogen-bond donors (Lipinski definition) is 6. The van der Waals surface area contributed by atoms with Crippen molar-refractivity contribution in [1.82, 2.24) is 10.2 Å². The molecule has 2 rings (SSSR count). The number of benzene rings is 2. The highest BCUT2D eigenvalue weighted by Crippen LogP contribution is 2.36. The number of amides is 2. The van der Waals surface area contributed by atoms with Crippen molar-refractivity contribution in [2.75, 3.05) is 6.54 Å². The Hall–Kier alpha value is -4.28. The zero-order valence-corrected chi connectivity index (χ0v) is 17.6. The van der Waals surface area contributed by atoms with E-state index >= 15 is 0 Å². The van der Waals surface area contributed by atoms with Crippen LogP contribution in [0.25, 0.3) is 0 Å². The lowest BCUT2D eigenvalue weighted by atomic mass is 9.99. The van der Waals surface area contributed by atoms with E-state index in [0.717, 1.165) is 17.0 Å². The van der Waals surface area contributed by atoms with E-state index in [1.165, 1.54) is 6.92 Å². The van der Waals surface area contributed by atoms with Crippen LogP contribution in [0.5, 0.6) is 17.2 Å². The number of nitrogens with zero attached hydrogens (tertiary/aromatic N) is 1. The van der Waals surface area contributed by atoms with Gasteiger partial charge in [-0.25, -0.2) is 4.79 Å². The number of carbonyl (C=O) groups is 4. The van der Waals surface area contributed by atoms with Gasteiger partial charge in [0.15, 0.2) is 17.2 Å². The largest absolute Gasteiger partial charge is 0.504 e. The van der Waals surface area contributed by atoms with Gasteiger partial charge >= 0.3 is 11.9 Å². The van der Waals surface area contributed by atoms with Gasteiger partial charge in [-0.15, -0.1) is 0 Å². The summed E-state index contributed by atoms with van der Waals surface area (Å²) in [4.78, 5) is 50.0. The number of nitrogens with one attached hydrogen (secondary N) is 1. The van der Waals surface area contributed by atoms with Gasteiger partial charge in [-0.2, -0.15) is 0 Å². The Morgan fingerprint density at radius 1 is 0.939 bits per heavy atom. The second kappa shape index (κ2) is 10.8. The minimum atomic E-state index is -1.56. The molecule has 0 spiro atoms. The van der Waals surface area contributed by atoms with Crippen LogP contribution in [-0.4, -0.2) is 72.8 Å². The average Bonchev–Trinajstić information content (AvgIpc) is 2.77. The van der Waals surface area contributed by atoms with Crippen molar-refractivity contribution in [3.8, 4) is 17.2 Å². The summed E-state index contributed by atoms with van der Waals surface area (Å²) in [5.74, 6) is -7.19. The normalized spacial score (nSPS) is 12.4. The summed E-state index contributed by atoms with van der Waals surface area (Å²) in [6.45, 7) is 0.771. The first-order valence-electron chi connectivity index (χ1n) is 9.90. The lowest BCUT2D eigenvalue weighted by molar-refractivity contribution is -0.145. The van der Waals surface area contributed by atoms with Crippen molar-refractivity contribution < 1.29 is 44.7 Å². The number of hydrogen-bond acceptors (Lipinski definition) is 7. The van der Waals surface area contributed by atoms with Crippen molar-refractivity contribution >= 4 is 23.8 Å². The summed E-state index contributed by atoms with van der Waals surface area (Å²) < 4.78 is 0. The highest BCUT2D eigenvalue weighted by Gasteiger charge is 2.39. The first kappa shape index (κ1) is 25.0. The molecule has 6 N–H and O–H groups in total. The molecule has 0 aliphatic rings. The predicted octanol–water partition coefficient (Wildman–Crippen LogP) is 0.921. The van der Waals surface area contributed by atoms with Crippen molar-refractivity contribution in [2.45, 2.75) is 31.8 Å². The Morgan fingerprint density at radius 3 is 2.00 bits per heavy atom. The summed E-state index contributed by atoms with van der Waals surface area (Å²) in [6, 6.07) is 7.06. The number of phenolic OH excluding ortho intramolecular Hbond substituents is 3. The van der Waals surface area contributed by atoms with E-state index in [2.05, 4.69) is 5.32 Å². The Kier molecular flexibility index (Phi) is 8.21. The van der Waals surface area contributed by atoms with Gasteiger partial charge in [0, 0.05) is 12.0 Å². The summed E-state index contributed by atoms with van der Waals surface area (Å²) in [7, 11) is 0. The molecule has 0 aromatic heterocycles. The summed E-state index contributed by atoms with van der Waals surface area (Å²) in [5.41, 5.74) is 0.173. The second-order valence-corrected chi connectivity index (χ2v) is 7.15. The van der Waals surface area contributed by atoms with Crippen molar-refractivity contribution in [3.05, 3.63) is 53.6 Å². The maximum absolute atomic E-state index is 13.4. The molecule has 1 unspecified atom stereocenters. The molecule has 2 atom stereocenters. The number of aromatic hydroxyl groups is 3. The molecule has 0 radical (unpaired) electrons. The maximum atomic E-state index is 13.4. The summed E-state index contributed by atoms with van der Waals surface area (Å²) in [5, 5.41) is 50.1. The van der Waals surface area contributed by atoms with Gasteiger partial charge in [-0.1, -0.05) is 37.3 Å². The number of aliphatic carboxylic acids is 2. The van der Waals surface area contributed by atoms with Crippen LogP contribution in [0.3, 0.4) is 0 Å². The summed E-state index contributed by atoms with van der Waals surface area (Å²) in [6.07, 6.45) is -0.244. The standard InChI is InChI=1S/C22H24N2O9/c1-2-14(20(30)23-11-18(27)28)24(15(22(32)33)8-12-6-4-3-5-7-12)21(31)13-9-16(25)19(29)17(26)10-13/h3-7,9-10,14-15,25-26,29H,2,8,11H2,1H3,(H,23,30)(H,27,28)(H,32,33)/t14?,15-/m0/s1. The Bertz CT molecular complexity index is 1020. The third-order valence-electron chi connectivity index (χ3n) is 4.88. The maximum Gasteiger partial charge on any atom is 0.326 e. The molecule has 0 saturated carbocycles. The fourth-order valence-electron chi connectivity index (χ4n) is 3.31. The molecule has 11 nitrogen and oxygen atoms in total. The Balaban J connectivity index is 2.57. The van der Waals surface area contributed by atoms with Gasteiger partial charge in [0.1, 0.15) is 18.6 Å². The average molecular weight is 460 g/mol. The molecule has 176 valence electrons. The number of carboxylic acids is 2. The van der Waals surface area contributed by atoms with Gasteiger partial charge in [0.25, 0.3) is 5.91 Å². The Morgan fingerprint density at radius 2 is 1.52 bits per heavy atom. The van der Waals surface area contributed by atoms with Crippen molar-refractivity contribution in [3.63, 3.8) is 0 Å². The fourth-order valence-corrected chi connectivity index (χ4v) is 3.31. The van der Waals surface area contributed by atoms with E-state index < -0.39 is 59.6 Å². The molecule has 0 aliphatic heterocycles. The molecule has 0 aliphatic carbocycles. The van der Waals surface area contributed by atoms with Gasteiger partial charge in [-0.05, 0) is 24.1 Å². The molecule has 11 heteroatoms. The van der Waals surface area contributed by atoms with E-state index in [1.807, 2.05) is 0 Å². The quantitative estimate of drug-likeness (QED) is 0.281. The monoisotopic (exact) mass is 460 g/mol. The van der Waals surface area contributed by atoms with Crippen LogP contribution in [0, 0.1) is 0 Å². The van der Waals surface area contributed by atoms with Crippen molar-refractivity contribution in [1.29, 1.82) is 0 Å². The first-order valence-corrected chi connectivity index (χ1v) is 9.90. The van der Waals surface area contributed by atoms with E-state index in [1.54, 1.807) is 30.3 Å². The minimum absolute atomic E-state index is 0.0637. The van der Waals surface area contributed by atoms with Crippen LogP contribution in [0.4, 0.5) is 0 Å². The van der Waals surface area contributed by atoms with Crippen LogP contribution in [-0.2, 0) is 20.8 Å². The fraction of sp³-hybridized carbons (Fsp3) is 0.273. The lowest BCUT2D eigenvalue weighted by Gasteiger charge is -2.35. The molecule has 2 aromatic rings. The van der Waals surface area contributed by atoms with Crippen LogP contribution >= 0.6 is 0 Å². The molecular weight excluding hydrogens is 436 g/mol. The smallest absolute Gasteiger partial charge is 0.326 e. The zero-order valence-electron chi connectivity index (χ0n) is 17.6. The van der Waals surface area contributed by atoms with Crippen LogP contribution < -0.4 is 5.32 Å². The van der Waals surface area contributed by atoms with Gasteiger partial charge in [0.2, 0.25) is 5.91 Å². The predicted molar refractivity (Wildman–Crippen MR) is 114 cm³/mol. The molecule has 2 amide bonds. The second-order valence-electron chi connectivity index (χ2n) is 7.15.